The number of azide groups is 2. The molecule has 12 nitrogen and oxygen atoms in total. The van der Waals surface area contributed by atoms with Gasteiger partial charge >= 0.3 is 0 Å². The summed E-state index contributed by atoms with van der Waals surface area (Å²) in [6.07, 6.45) is -1.04. The summed E-state index contributed by atoms with van der Waals surface area (Å²) in [6.45, 7) is 13.7. The molecule has 0 N–H and O–H groups in total. The van der Waals surface area contributed by atoms with Gasteiger partial charge in [0.1, 0.15) is 6.10 Å². The summed E-state index contributed by atoms with van der Waals surface area (Å²) in [5.74, 6) is -0.238. The van der Waals surface area contributed by atoms with Gasteiger partial charge in [0.25, 0.3) is 0 Å². The fourth-order valence-electron chi connectivity index (χ4n) is 6.74. The van der Waals surface area contributed by atoms with Gasteiger partial charge in [-0.05, 0) is 60.9 Å². The molecule has 4 aliphatic rings. The zero-order chi connectivity index (χ0) is 27.7. The molecule has 15 atom stereocenters. The molecule has 0 radical (unpaired) electrons. The maximum Gasteiger partial charge on any atom is 0.167 e. The quantitative estimate of drug-likeness (QED) is 0.233. The van der Waals surface area contributed by atoms with Crippen molar-refractivity contribution in [1.82, 2.24) is 0 Å². The summed E-state index contributed by atoms with van der Waals surface area (Å²) in [4.78, 5) is 18.9. The van der Waals surface area contributed by atoms with Gasteiger partial charge in [-0.2, -0.15) is 0 Å². The van der Waals surface area contributed by atoms with Crippen LogP contribution in [0.3, 0.4) is 0 Å². The maximum absolute atomic E-state index is 12.9. The summed E-state index contributed by atoms with van der Waals surface area (Å²) in [5, 5.41) is 8.02. The summed E-state index contributed by atoms with van der Waals surface area (Å²) in [6, 6.07) is -0.827. The van der Waals surface area contributed by atoms with Gasteiger partial charge in [0, 0.05) is 15.7 Å². The van der Waals surface area contributed by atoms with E-state index in [1.54, 1.807) is 0 Å². The predicted octanol–water partition coefficient (Wildman–Crippen LogP) is 5.31. The number of hydrogen-bond donors (Lipinski definition) is 0. The van der Waals surface area contributed by atoms with Crippen molar-refractivity contribution in [2.24, 2.45) is 39.8 Å². The molecule has 2 bridgehead atoms. The molecule has 4 unspecified atom stereocenters. The lowest BCUT2D eigenvalue weighted by Crippen LogP contribution is -2.59. The molecule has 38 heavy (non-hydrogen) atoms. The van der Waals surface area contributed by atoms with Crippen LogP contribution in [-0.4, -0.2) is 67.1 Å². The summed E-state index contributed by atoms with van der Waals surface area (Å²) in [7, 11) is 0. The highest BCUT2D eigenvalue weighted by Gasteiger charge is 2.53. The molecule has 12 heteroatoms. The molecular formula is C26H42N6O6. The number of nitrogens with zero attached hydrogens (tertiary/aromatic N) is 6. The van der Waals surface area contributed by atoms with E-state index in [0.29, 0.717) is 0 Å². The van der Waals surface area contributed by atoms with Crippen LogP contribution in [0.1, 0.15) is 67.7 Å². The topological polar surface area (TPSA) is 161 Å². The second-order valence-electron chi connectivity index (χ2n) is 11.7. The van der Waals surface area contributed by atoms with Crippen LogP contribution >= 0.6 is 0 Å². The Morgan fingerprint density at radius 2 is 1.42 bits per heavy atom. The third-order valence-corrected chi connectivity index (χ3v) is 9.54. The Balaban J connectivity index is 1.53. The van der Waals surface area contributed by atoms with Crippen molar-refractivity contribution in [3.63, 3.8) is 0 Å². The number of rotatable bonds is 8. The van der Waals surface area contributed by atoms with Crippen LogP contribution in [0.15, 0.2) is 10.2 Å². The van der Waals surface area contributed by atoms with Crippen molar-refractivity contribution in [1.29, 1.82) is 0 Å². The van der Waals surface area contributed by atoms with Crippen LogP contribution in [0.5, 0.6) is 0 Å². The molecule has 4 fully saturated rings. The first-order chi connectivity index (χ1) is 18.1. The number of hydrogen-bond acceptors (Lipinski definition) is 8. The SMILES string of the molecule is CC[C@@H]1O[C@H](O[C@H]2C(C)[C@H](C)[C@H](O[C@@H]3C4CC[C@H](O4)[C@@H](N=[N+]=[N-])C3C)O[C@H]2C(C)=O)[C@@H](N=[N+]=[N-])C(C)[C@@H]1C. The van der Waals surface area contributed by atoms with Gasteiger partial charge in [-0.1, -0.05) is 51.8 Å². The van der Waals surface area contributed by atoms with Gasteiger partial charge in [0.05, 0.1) is 42.6 Å². The second-order valence-corrected chi connectivity index (χ2v) is 11.7. The standard InChI is InChI=1S/C26H42N6O6/c1-8-17-11(2)12(3)21(30-32-28)26(35-17)37-23-13(4)14(5)25(38-24(23)16(7)33)36-22-15(6)20(29-31-27)18-9-10-19(22)34-18/h11-15,17-26H,8-10H2,1-7H3/t11-,12?,13?,14-,15?,17-,18-,19?,20-,21-,22-,23-,24-,25+,26+/m0/s1. The average molecular weight is 535 g/mol. The molecule has 4 saturated heterocycles. The normalized spacial score (nSPS) is 48.6. The Labute approximate surface area is 224 Å². The highest BCUT2D eigenvalue weighted by Crippen LogP contribution is 2.43. The maximum atomic E-state index is 12.9. The highest BCUT2D eigenvalue weighted by atomic mass is 16.7. The lowest BCUT2D eigenvalue weighted by atomic mass is 9.80. The van der Waals surface area contributed by atoms with Gasteiger partial charge in [0.15, 0.2) is 18.4 Å². The number of carbonyl (C=O) groups excluding carboxylic acids is 1. The minimum absolute atomic E-state index is 0.0451. The summed E-state index contributed by atoms with van der Waals surface area (Å²) >= 11 is 0. The Hall–Kier alpha value is -1.91. The van der Waals surface area contributed by atoms with E-state index < -0.39 is 30.8 Å². The molecule has 4 heterocycles. The van der Waals surface area contributed by atoms with E-state index in [9.17, 15) is 10.3 Å². The van der Waals surface area contributed by atoms with Crippen molar-refractivity contribution < 1.29 is 28.5 Å². The Morgan fingerprint density at radius 1 is 0.789 bits per heavy atom. The predicted molar refractivity (Wildman–Crippen MR) is 138 cm³/mol. The van der Waals surface area contributed by atoms with Gasteiger partial charge in [0.2, 0.25) is 0 Å². The smallest absolute Gasteiger partial charge is 0.167 e. The minimum atomic E-state index is -0.875. The Bertz CT molecular complexity index is 957. The first-order valence-corrected chi connectivity index (χ1v) is 14.0. The van der Waals surface area contributed by atoms with E-state index in [4.69, 9.17) is 29.2 Å². The van der Waals surface area contributed by atoms with Crippen molar-refractivity contribution in [2.45, 2.75) is 129 Å². The van der Waals surface area contributed by atoms with Crippen molar-refractivity contribution >= 4 is 5.78 Å². The highest BCUT2D eigenvalue weighted by molar-refractivity contribution is 5.81. The largest absolute Gasteiger partial charge is 0.372 e. The fourth-order valence-corrected chi connectivity index (χ4v) is 6.74. The zero-order valence-electron chi connectivity index (χ0n) is 23.4. The molecule has 212 valence electrons. The molecule has 4 aliphatic heterocycles. The van der Waals surface area contributed by atoms with E-state index in [-0.39, 0.29) is 65.8 Å². The second kappa shape index (κ2) is 12.1. The van der Waals surface area contributed by atoms with E-state index in [0.717, 1.165) is 19.3 Å². The number of carbonyl (C=O) groups is 1. The fraction of sp³-hybridized carbons (Fsp3) is 0.962. The summed E-state index contributed by atoms with van der Waals surface area (Å²) < 4.78 is 31.8. The number of Topliss-reactive ketones (excluding diaryl/α,β-unsaturated/α-hetero) is 1. The van der Waals surface area contributed by atoms with Crippen molar-refractivity contribution in [3.05, 3.63) is 20.9 Å². The van der Waals surface area contributed by atoms with E-state index >= 15 is 0 Å². The van der Waals surface area contributed by atoms with E-state index in [1.807, 2.05) is 27.7 Å². The van der Waals surface area contributed by atoms with Crippen molar-refractivity contribution in [3.8, 4) is 0 Å². The molecule has 0 aromatic rings. The first kappa shape index (κ1) is 29.1. The molecular weight excluding hydrogens is 492 g/mol. The number of ketones is 1. The van der Waals surface area contributed by atoms with E-state index in [2.05, 4.69) is 33.9 Å². The van der Waals surface area contributed by atoms with Crippen LogP contribution in [0.4, 0.5) is 0 Å². The average Bonchev–Trinajstić information content (AvgIpc) is 3.33. The first-order valence-electron chi connectivity index (χ1n) is 14.0. The molecule has 4 rings (SSSR count). The zero-order valence-corrected chi connectivity index (χ0v) is 23.4. The lowest BCUT2D eigenvalue weighted by Gasteiger charge is -2.49. The molecule has 0 saturated carbocycles. The Morgan fingerprint density at radius 3 is 2.05 bits per heavy atom. The van der Waals surface area contributed by atoms with Gasteiger partial charge in [-0.25, -0.2) is 0 Å². The third kappa shape index (κ3) is 5.41. The molecule has 0 aromatic carbocycles. The van der Waals surface area contributed by atoms with Gasteiger partial charge < -0.3 is 23.7 Å². The molecule has 0 aliphatic carbocycles. The summed E-state index contributed by atoms with van der Waals surface area (Å²) in [5.41, 5.74) is 18.3. The Kier molecular flexibility index (Phi) is 9.25. The molecule has 0 aromatic heterocycles. The van der Waals surface area contributed by atoms with Gasteiger partial charge in [-0.3, -0.25) is 4.79 Å². The number of ether oxygens (including phenoxy) is 5. The van der Waals surface area contributed by atoms with Gasteiger partial charge in [-0.15, -0.1) is 0 Å². The van der Waals surface area contributed by atoms with Crippen LogP contribution in [-0.2, 0) is 28.5 Å². The van der Waals surface area contributed by atoms with Crippen molar-refractivity contribution in [2.75, 3.05) is 0 Å². The van der Waals surface area contributed by atoms with Crippen LogP contribution in [0, 0.1) is 29.6 Å². The lowest BCUT2D eigenvalue weighted by molar-refractivity contribution is -0.324. The van der Waals surface area contributed by atoms with Crippen LogP contribution in [0.2, 0.25) is 0 Å². The number of fused-ring (bicyclic) bond motifs is 2. The minimum Gasteiger partial charge on any atom is -0.372 e. The third-order valence-electron chi connectivity index (χ3n) is 9.54. The monoisotopic (exact) mass is 534 g/mol. The molecule has 0 spiro atoms. The van der Waals surface area contributed by atoms with Crippen LogP contribution < -0.4 is 0 Å². The van der Waals surface area contributed by atoms with Crippen LogP contribution in [0.25, 0.3) is 20.9 Å². The van der Waals surface area contributed by atoms with E-state index in [1.165, 1.54) is 6.92 Å². The molecule has 0 amide bonds.